The molecule has 2 aromatic carbocycles. The van der Waals surface area contributed by atoms with Gasteiger partial charge in [-0.05, 0) is 29.7 Å². The number of carbonyl (C=O) groups is 2. The van der Waals surface area contributed by atoms with Crippen LogP contribution in [0, 0.1) is 0 Å². The summed E-state index contributed by atoms with van der Waals surface area (Å²) >= 11 is 0.962. The zero-order valence-corrected chi connectivity index (χ0v) is 14.3. The average Bonchev–Trinajstić information content (AvgIpc) is 2.86. The van der Waals surface area contributed by atoms with Gasteiger partial charge in [-0.2, -0.15) is 0 Å². The van der Waals surface area contributed by atoms with Gasteiger partial charge in [0, 0.05) is 0 Å². The van der Waals surface area contributed by atoms with E-state index in [1.807, 2.05) is 6.07 Å². The Morgan fingerprint density at radius 1 is 0.917 bits per heavy atom. The summed E-state index contributed by atoms with van der Waals surface area (Å²) in [5, 5.41) is 1.44. The van der Waals surface area contributed by atoms with E-state index < -0.39 is 15.1 Å². The fraction of sp³-hybridized carbons (Fsp3) is 0.176. The molecule has 0 aliphatic carbocycles. The van der Waals surface area contributed by atoms with Gasteiger partial charge < -0.3 is 0 Å². The first-order valence-corrected chi connectivity index (χ1v) is 9.84. The normalized spacial score (nSPS) is 17.8. The molecule has 0 bridgehead atoms. The lowest BCUT2D eigenvalue weighted by Gasteiger charge is -2.08. The van der Waals surface area contributed by atoms with Crippen LogP contribution >= 0.6 is 11.8 Å². The molecule has 2 amide bonds. The number of thioether (sulfide) groups is 1. The lowest BCUT2D eigenvalue weighted by molar-refractivity contribution is -0.118. The average molecular weight is 361 g/mol. The second-order valence-corrected chi connectivity index (χ2v) is 8.64. The Kier molecular flexibility index (Phi) is 4.73. The maximum Gasteiger partial charge on any atom is 0.286 e. The Labute approximate surface area is 144 Å². The van der Waals surface area contributed by atoms with E-state index in [1.165, 1.54) is 0 Å². The number of rotatable bonds is 5. The van der Waals surface area contributed by atoms with E-state index in [9.17, 15) is 18.0 Å². The fourth-order valence-corrected chi connectivity index (χ4v) is 4.66. The van der Waals surface area contributed by atoms with Crippen LogP contribution in [0.3, 0.4) is 0 Å². The molecule has 1 aliphatic heterocycles. The molecule has 1 heterocycles. The molecule has 7 heteroatoms. The van der Waals surface area contributed by atoms with Crippen molar-refractivity contribution in [1.82, 2.24) is 5.32 Å². The molecule has 1 N–H and O–H groups in total. The van der Waals surface area contributed by atoms with Crippen molar-refractivity contribution < 1.29 is 18.0 Å². The van der Waals surface area contributed by atoms with Gasteiger partial charge in [0.15, 0.2) is 9.84 Å². The highest BCUT2D eigenvalue weighted by atomic mass is 32.2. The third-order valence-corrected chi connectivity index (χ3v) is 6.36. The predicted molar refractivity (Wildman–Crippen MR) is 92.4 cm³/mol. The molecule has 0 saturated carbocycles. The largest absolute Gasteiger partial charge is 0.286 e. The van der Waals surface area contributed by atoms with Crippen molar-refractivity contribution in [3.8, 4) is 0 Å². The van der Waals surface area contributed by atoms with Gasteiger partial charge in [0.25, 0.3) is 5.24 Å². The summed E-state index contributed by atoms with van der Waals surface area (Å²) in [6.07, 6.45) is 0.390. The van der Waals surface area contributed by atoms with Gasteiger partial charge in [-0.15, -0.1) is 0 Å². The molecule has 1 fully saturated rings. The molecule has 124 valence electrons. The van der Waals surface area contributed by atoms with Crippen molar-refractivity contribution in [2.45, 2.75) is 22.3 Å². The highest BCUT2D eigenvalue weighted by Gasteiger charge is 2.31. The van der Waals surface area contributed by atoms with Crippen molar-refractivity contribution in [2.24, 2.45) is 0 Å². The summed E-state index contributed by atoms with van der Waals surface area (Å²) in [6, 6.07) is 15.5. The van der Waals surface area contributed by atoms with E-state index in [1.54, 1.807) is 48.5 Å². The van der Waals surface area contributed by atoms with Crippen LogP contribution in [-0.2, 0) is 26.8 Å². The van der Waals surface area contributed by atoms with Gasteiger partial charge >= 0.3 is 0 Å². The smallest absolute Gasteiger partial charge is 0.286 e. The van der Waals surface area contributed by atoms with Crippen LogP contribution in [0.4, 0.5) is 4.79 Å². The molecule has 5 nitrogen and oxygen atoms in total. The molecule has 0 radical (unpaired) electrons. The Hall–Kier alpha value is -2.12. The summed E-state index contributed by atoms with van der Waals surface area (Å²) in [5.41, 5.74) is 1.55. The molecule has 0 spiro atoms. The molecule has 1 unspecified atom stereocenters. The van der Waals surface area contributed by atoms with Gasteiger partial charge in [0.05, 0.1) is 15.9 Å². The fourth-order valence-electron chi connectivity index (χ4n) is 2.45. The molecule has 1 aliphatic rings. The minimum absolute atomic E-state index is 0.0530. The van der Waals surface area contributed by atoms with Gasteiger partial charge in [-0.1, -0.05) is 54.2 Å². The molecule has 24 heavy (non-hydrogen) atoms. The number of imide groups is 1. The topological polar surface area (TPSA) is 80.3 Å². The Balaban J connectivity index is 1.72. The van der Waals surface area contributed by atoms with Gasteiger partial charge in [-0.25, -0.2) is 8.42 Å². The van der Waals surface area contributed by atoms with Crippen molar-refractivity contribution in [3.63, 3.8) is 0 Å². The second-order valence-electron chi connectivity index (χ2n) is 5.48. The second kappa shape index (κ2) is 6.78. The summed E-state index contributed by atoms with van der Waals surface area (Å²) in [7, 11) is -3.42. The maximum absolute atomic E-state index is 12.4. The highest BCUT2D eigenvalue weighted by Crippen LogP contribution is 2.24. The van der Waals surface area contributed by atoms with E-state index in [0.29, 0.717) is 6.42 Å². The van der Waals surface area contributed by atoms with E-state index in [0.717, 1.165) is 22.9 Å². The standard InChI is InChI=1S/C17H15NO4S2/c19-16-15(23-17(20)18-16)10-12-6-8-14(9-7-12)24(21,22)11-13-4-2-1-3-5-13/h1-9,15H,10-11H2,(H,18,19,20). The number of amides is 2. The minimum atomic E-state index is -3.42. The summed E-state index contributed by atoms with van der Waals surface area (Å²) in [4.78, 5) is 23.0. The quantitative estimate of drug-likeness (QED) is 0.885. The first-order valence-electron chi connectivity index (χ1n) is 7.31. The molecule has 1 saturated heterocycles. The van der Waals surface area contributed by atoms with E-state index >= 15 is 0 Å². The van der Waals surface area contributed by atoms with Crippen molar-refractivity contribution in [3.05, 3.63) is 65.7 Å². The number of sulfone groups is 1. The minimum Gasteiger partial charge on any atom is -0.286 e. The molecular weight excluding hydrogens is 346 g/mol. The molecular formula is C17H15NO4S2. The lowest BCUT2D eigenvalue weighted by atomic mass is 10.1. The Morgan fingerprint density at radius 2 is 1.58 bits per heavy atom. The van der Waals surface area contributed by atoms with E-state index in [-0.39, 0.29) is 21.8 Å². The van der Waals surface area contributed by atoms with Crippen molar-refractivity contribution >= 4 is 32.7 Å². The number of hydrogen-bond donors (Lipinski definition) is 1. The Morgan fingerprint density at radius 3 is 2.17 bits per heavy atom. The SMILES string of the molecule is O=C1NC(=O)C(Cc2ccc(S(=O)(=O)Cc3ccccc3)cc2)S1. The third kappa shape index (κ3) is 3.85. The number of hydrogen-bond acceptors (Lipinski definition) is 5. The van der Waals surface area contributed by atoms with Crippen LogP contribution in [0.1, 0.15) is 11.1 Å². The number of carbonyl (C=O) groups excluding carboxylic acids is 2. The monoisotopic (exact) mass is 361 g/mol. The highest BCUT2D eigenvalue weighted by molar-refractivity contribution is 8.15. The molecule has 2 aromatic rings. The van der Waals surface area contributed by atoms with Crippen LogP contribution in [0.2, 0.25) is 0 Å². The Bertz CT molecular complexity index is 861. The summed E-state index contributed by atoms with van der Waals surface area (Å²) < 4.78 is 24.9. The molecule has 1 atom stereocenters. The maximum atomic E-state index is 12.4. The van der Waals surface area contributed by atoms with Crippen molar-refractivity contribution in [2.75, 3.05) is 0 Å². The van der Waals surface area contributed by atoms with Crippen LogP contribution in [-0.4, -0.2) is 24.8 Å². The van der Waals surface area contributed by atoms with Crippen molar-refractivity contribution in [1.29, 1.82) is 0 Å². The van der Waals surface area contributed by atoms with Crippen LogP contribution in [0.5, 0.6) is 0 Å². The van der Waals surface area contributed by atoms with E-state index in [2.05, 4.69) is 5.32 Å². The molecule has 0 aromatic heterocycles. The zero-order chi connectivity index (χ0) is 17.2. The number of nitrogens with one attached hydrogen (secondary N) is 1. The van der Waals surface area contributed by atoms with Gasteiger partial charge in [0.2, 0.25) is 5.91 Å². The van der Waals surface area contributed by atoms with E-state index in [4.69, 9.17) is 0 Å². The summed E-state index contributed by atoms with van der Waals surface area (Å²) in [6.45, 7) is 0. The predicted octanol–water partition coefficient (Wildman–Crippen LogP) is 2.55. The third-order valence-electron chi connectivity index (χ3n) is 3.67. The van der Waals surface area contributed by atoms with Crippen LogP contribution < -0.4 is 5.32 Å². The lowest BCUT2D eigenvalue weighted by Crippen LogP contribution is -2.25. The van der Waals surface area contributed by atoms with Crippen LogP contribution in [0.25, 0.3) is 0 Å². The van der Waals surface area contributed by atoms with Gasteiger partial charge in [-0.3, -0.25) is 14.9 Å². The van der Waals surface area contributed by atoms with Gasteiger partial charge in [0.1, 0.15) is 0 Å². The first kappa shape index (κ1) is 16.7. The molecule has 3 rings (SSSR count). The van der Waals surface area contributed by atoms with Crippen LogP contribution in [0.15, 0.2) is 59.5 Å². The summed E-state index contributed by atoms with van der Waals surface area (Å²) in [5.74, 6) is -0.353. The first-order chi connectivity index (χ1) is 11.4. The number of benzene rings is 2. The zero-order valence-electron chi connectivity index (χ0n) is 12.6.